The summed E-state index contributed by atoms with van der Waals surface area (Å²) in [6.45, 7) is 0.568. The summed E-state index contributed by atoms with van der Waals surface area (Å²) in [6, 6.07) is 15.8. The number of fused-ring (bicyclic) bond motifs is 2. The van der Waals surface area contributed by atoms with Crippen LogP contribution in [-0.4, -0.2) is 49.2 Å². The number of carbonyl (C=O) groups excluding carboxylic acids is 2. The number of methoxy groups -OCH3 is 1. The fourth-order valence-corrected chi connectivity index (χ4v) is 4.80. The molecule has 0 unspecified atom stereocenters. The smallest absolute Gasteiger partial charge is 0.336 e. The van der Waals surface area contributed by atoms with Gasteiger partial charge in [0, 0.05) is 6.04 Å². The average molecular weight is 466 g/mol. The van der Waals surface area contributed by atoms with Gasteiger partial charge in [-0.05, 0) is 54.7 Å². The van der Waals surface area contributed by atoms with E-state index in [1.54, 1.807) is 35.2 Å². The number of nitrogens with zero attached hydrogens (tertiary/aromatic N) is 2. The zero-order chi connectivity index (χ0) is 23.4. The molecule has 0 saturated carbocycles. The molecule has 2 amide bonds. The van der Waals surface area contributed by atoms with Gasteiger partial charge in [0.2, 0.25) is 0 Å². The molecule has 170 valence electrons. The van der Waals surface area contributed by atoms with Crippen LogP contribution in [0.3, 0.4) is 0 Å². The molecule has 33 heavy (non-hydrogen) atoms. The lowest BCUT2D eigenvalue weighted by atomic mass is 9.88. The molecule has 0 aliphatic carbocycles. The third kappa shape index (κ3) is 4.67. The molecule has 8 heteroatoms. The Kier molecular flexibility index (Phi) is 6.85. The van der Waals surface area contributed by atoms with Gasteiger partial charge >= 0.3 is 12.0 Å². The van der Waals surface area contributed by atoms with Crippen LogP contribution in [0.15, 0.2) is 54.1 Å². The van der Waals surface area contributed by atoms with Crippen LogP contribution >= 0.6 is 11.6 Å². The van der Waals surface area contributed by atoms with E-state index in [1.807, 2.05) is 18.2 Å². The van der Waals surface area contributed by atoms with Crippen LogP contribution in [-0.2, 0) is 9.53 Å². The van der Waals surface area contributed by atoms with Gasteiger partial charge in [0.15, 0.2) is 0 Å². The maximum absolute atomic E-state index is 13.1. The molecule has 2 aliphatic rings. The molecule has 2 atom stereocenters. The van der Waals surface area contributed by atoms with Crippen LogP contribution in [0.5, 0.6) is 5.75 Å². The van der Waals surface area contributed by atoms with Crippen LogP contribution < -0.4 is 10.1 Å². The topological polar surface area (TPSA) is 91.7 Å². The Labute approximate surface area is 197 Å². The van der Waals surface area contributed by atoms with Crippen molar-refractivity contribution >= 4 is 29.2 Å². The summed E-state index contributed by atoms with van der Waals surface area (Å²) >= 11 is 6.09. The quantitative estimate of drug-likeness (QED) is 0.510. The van der Waals surface area contributed by atoms with Crippen LogP contribution in [0.1, 0.15) is 30.4 Å². The summed E-state index contributed by atoms with van der Waals surface area (Å²) in [7, 11) is 1.34. The highest BCUT2D eigenvalue weighted by Gasteiger charge is 2.46. The number of nitrogens with one attached hydrogen (secondary N) is 1. The number of para-hydroxylation sites is 1. The number of rotatable bonds is 6. The Hall–Kier alpha value is -3.50. The third-order valence-electron chi connectivity index (χ3n) is 6.05. The summed E-state index contributed by atoms with van der Waals surface area (Å²) in [5.41, 5.74) is 2.68. The Bertz CT molecular complexity index is 1140. The second-order valence-corrected chi connectivity index (χ2v) is 8.35. The molecule has 2 aliphatic heterocycles. The summed E-state index contributed by atoms with van der Waals surface area (Å²) in [4.78, 5) is 27.6. The molecule has 0 aromatic heterocycles. The van der Waals surface area contributed by atoms with Gasteiger partial charge in [-0.25, -0.2) is 9.59 Å². The summed E-state index contributed by atoms with van der Waals surface area (Å²) in [6.07, 6.45) is 2.00. The molecule has 2 aromatic rings. The number of benzene rings is 2. The SMILES string of the molecule is COC(=O)C1=C(c2cccc(C#N)c2)C[C@@H]2CC[C@H]1N2C(=O)NCCOc1ccccc1Cl. The summed E-state index contributed by atoms with van der Waals surface area (Å²) in [5, 5.41) is 12.7. The number of hydrogen-bond acceptors (Lipinski definition) is 5. The van der Waals surface area contributed by atoms with Crippen molar-refractivity contribution in [3.05, 3.63) is 70.3 Å². The van der Waals surface area contributed by atoms with Crippen molar-refractivity contribution in [3.8, 4) is 11.8 Å². The first-order chi connectivity index (χ1) is 16.0. The van der Waals surface area contributed by atoms with Gasteiger partial charge in [0.05, 0.1) is 41.9 Å². The van der Waals surface area contributed by atoms with Crippen molar-refractivity contribution in [2.75, 3.05) is 20.3 Å². The number of urea groups is 1. The predicted molar refractivity (Wildman–Crippen MR) is 124 cm³/mol. The highest BCUT2D eigenvalue weighted by atomic mass is 35.5. The van der Waals surface area contributed by atoms with Crippen LogP contribution in [0.4, 0.5) is 4.79 Å². The monoisotopic (exact) mass is 465 g/mol. The van der Waals surface area contributed by atoms with E-state index in [0.717, 1.165) is 17.6 Å². The Morgan fingerprint density at radius 1 is 1.21 bits per heavy atom. The molecule has 4 rings (SSSR count). The molecule has 1 fully saturated rings. The van der Waals surface area contributed by atoms with Crippen molar-refractivity contribution in [2.45, 2.75) is 31.3 Å². The first-order valence-corrected chi connectivity index (χ1v) is 11.2. The van der Waals surface area contributed by atoms with E-state index in [2.05, 4.69) is 11.4 Å². The van der Waals surface area contributed by atoms with E-state index in [9.17, 15) is 14.9 Å². The first kappa shape index (κ1) is 22.7. The number of ether oxygens (including phenoxy) is 2. The van der Waals surface area contributed by atoms with Gasteiger partial charge in [-0.1, -0.05) is 35.9 Å². The van der Waals surface area contributed by atoms with Crippen molar-refractivity contribution in [3.63, 3.8) is 0 Å². The highest BCUT2D eigenvalue weighted by molar-refractivity contribution is 6.32. The molecule has 0 radical (unpaired) electrons. The minimum atomic E-state index is -0.447. The molecule has 1 N–H and O–H groups in total. The number of halogens is 1. The number of amides is 2. The Morgan fingerprint density at radius 2 is 2.03 bits per heavy atom. The maximum Gasteiger partial charge on any atom is 0.336 e. The summed E-state index contributed by atoms with van der Waals surface area (Å²) in [5.74, 6) is 0.115. The molecule has 0 spiro atoms. The van der Waals surface area contributed by atoms with Crippen molar-refractivity contribution in [2.24, 2.45) is 0 Å². The lowest BCUT2D eigenvalue weighted by Crippen LogP contribution is -2.51. The van der Waals surface area contributed by atoms with Gasteiger partial charge in [-0.15, -0.1) is 0 Å². The fraction of sp³-hybridized carbons (Fsp3) is 0.320. The average Bonchev–Trinajstić information content (AvgIpc) is 3.15. The maximum atomic E-state index is 13.1. The van der Waals surface area contributed by atoms with E-state index in [0.29, 0.717) is 41.3 Å². The molecular weight excluding hydrogens is 442 g/mol. The molecule has 7 nitrogen and oxygen atoms in total. The van der Waals surface area contributed by atoms with E-state index in [1.165, 1.54) is 7.11 Å². The normalized spacial score (nSPS) is 19.1. The lowest BCUT2D eigenvalue weighted by molar-refractivity contribution is -0.136. The molecule has 2 heterocycles. The second-order valence-electron chi connectivity index (χ2n) is 7.95. The largest absolute Gasteiger partial charge is 0.490 e. The Balaban J connectivity index is 1.50. The van der Waals surface area contributed by atoms with Crippen LogP contribution in [0.25, 0.3) is 5.57 Å². The van der Waals surface area contributed by atoms with Crippen LogP contribution in [0.2, 0.25) is 5.02 Å². The van der Waals surface area contributed by atoms with Crippen LogP contribution in [0, 0.1) is 11.3 Å². The first-order valence-electron chi connectivity index (χ1n) is 10.8. The van der Waals surface area contributed by atoms with E-state index >= 15 is 0 Å². The van der Waals surface area contributed by atoms with Crippen molar-refractivity contribution < 1.29 is 19.1 Å². The van der Waals surface area contributed by atoms with Gasteiger partial charge in [0.1, 0.15) is 12.4 Å². The minimum Gasteiger partial charge on any atom is -0.490 e. The van der Waals surface area contributed by atoms with Gasteiger partial charge in [0.25, 0.3) is 0 Å². The second kappa shape index (κ2) is 9.97. The third-order valence-corrected chi connectivity index (χ3v) is 6.37. The highest BCUT2D eigenvalue weighted by Crippen LogP contribution is 2.43. The van der Waals surface area contributed by atoms with Crippen molar-refractivity contribution in [1.82, 2.24) is 10.2 Å². The number of nitriles is 1. The zero-order valence-electron chi connectivity index (χ0n) is 18.2. The number of hydrogen-bond donors (Lipinski definition) is 1. The zero-order valence-corrected chi connectivity index (χ0v) is 19.0. The fourth-order valence-electron chi connectivity index (χ4n) is 4.61. The van der Waals surface area contributed by atoms with Crippen molar-refractivity contribution in [1.29, 1.82) is 5.26 Å². The summed E-state index contributed by atoms with van der Waals surface area (Å²) < 4.78 is 10.7. The number of esters is 1. The van der Waals surface area contributed by atoms with E-state index in [-0.39, 0.29) is 24.7 Å². The predicted octanol–water partition coefficient (Wildman–Crippen LogP) is 4.16. The van der Waals surface area contributed by atoms with Gasteiger partial charge in [-0.3, -0.25) is 0 Å². The molecule has 2 bridgehead atoms. The van der Waals surface area contributed by atoms with E-state index in [4.69, 9.17) is 21.1 Å². The van der Waals surface area contributed by atoms with E-state index < -0.39 is 5.97 Å². The van der Waals surface area contributed by atoms with Gasteiger partial charge < -0.3 is 19.7 Å². The Morgan fingerprint density at radius 3 is 2.79 bits per heavy atom. The molecule has 2 aromatic carbocycles. The standard InChI is InChI=1S/C25H24ClN3O4/c1-32-24(30)23-19(17-6-4-5-16(13-17)15-27)14-18-9-10-21(23)29(18)25(31)28-11-12-33-22-8-3-2-7-20(22)26/h2-8,13,18,21H,9-12,14H2,1H3,(H,28,31)/t18-,21+/m0/s1. The minimum absolute atomic E-state index is 0.0337. The van der Waals surface area contributed by atoms with Gasteiger partial charge in [-0.2, -0.15) is 5.26 Å². The molecule has 1 saturated heterocycles. The number of carbonyl (C=O) groups is 2. The molecular formula is C25H24ClN3O4. The lowest BCUT2D eigenvalue weighted by Gasteiger charge is -2.37.